The van der Waals surface area contributed by atoms with E-state index in [0.717, 1.165) is 25.0 Å². The zero-order valence-corrected chi connectivity index (χ0v) is 12.5. The lowest BCUT2D eigenvalue weighted by Crippen LogP contribution is -2.38. The molecule has 2 aliphatic rings. The number of hydrogen-bond acceptors (Lipinski definition) is 3. The number of piperidine rings is 1. The topological polar surface area (TPSA) is 24.5 Å². The van der Waals surface area contributed by atoms with E-state index in [0.29, 0.717) is 0 Å². The fraction of sp³-hybridized carbons (Fsp3) is 1.00. The van der Waals surface area contributed by atoms with E-state index in [9.17, 15) is 0 Å². The van der Waals surface area contributed by atoms with Gasteiger partial charge in [-0.2, -0.15) is 0 Å². The Bertz CT molecular complexity index is 202. The Labute approximate surface area is 118 Å². The molecule has 0 aromatic rings. The maximum atomic E-state index is 5.42. The molecule has 0 spiro atoms. The first kappa shape index (κ1) is 16.2. The van der Waals surface area contributed by atoms with Crippen LogP contribution in [-0.2, 0) is 4.74 Å². The molecule has 0 saturated carbocycles. The summed E-state index contributed by atoms with van der Waals surface area (Å²) in [6.07, 6.45) is 6.73. The van der Waals surface area contributed by atoms with Gasteiger partial charge in [0, 0.05) is 19.8 Å². The molecular formula is C14H29ClN2O. The Balaban J connectivity index is 0.00000162. The summed E-state index contributed by atoms with van der Waals surface area (Å²) in [5, 5.41) is 3.26. The minimum atomic E-state index is 0. The molecule has 4 heteroatoms. The Morgan fingerprint density at radius 1 is 1.06 bits per heavy atom. The van der Waals surface area contributed by atoms with Crippen LogP contribution in [0.15, 0.2) is 0 Å². The maximum absolute atomic E-state index is 5.42. The van der Waals surface area contributed by atoms with Crippen LogP contribution in [0.2, 0.25) is 0 Å². The molecule has 2 heterocycles. The highest BCUT2D eigenvalue weighted by Crippen LogP contribution is 2.23. The SMILES string of the molecule is CNCCC1CCN(CC2CCOCC2)CC1.Cl. The Kier molecular flexibility index (Phi) is 8.23. The van der Waals surface area contributed by atoms with Gasteiger partial charge < -0.3 is 15.0 Å². The van der Waals surface area contributed by atoms with E-state index in [1.807, 2.05) is 0 Å². The van der Waals surface area contributed by atoms with Crippen molar-refractivity contribution >= 4 is 12.4 Å². The molecule has 0 bridgehead atoms. The van der Waals surface area contributed by atoms with Crippen molar-refractivity contribution in [2.45, 2.75) is 32.1 Å². The first-order valence-corrected chi connectivity index (χ1v) is 7.33. The molecule has 0 amide bonds. The summed E-state index contributed by atoms with van der Waals surface area (Å²) in [6.45, 7) is 7.14. The Morgan fingerprint density at radius 2 is 1.72 bits per heavy atom. The van der Waals surface area contributed by atoms with Crippen molar-refractivity contribution < 1.29 is 4.74 Å². The molecule has 0 atom stereocenters. The first-order chi connectivity index (χ1) is 8.38. The molecule has 3 nitrogen and oxygen atoms in total. The van der Waals surface area contributed by atoms with Crippen molar-refractivity contribution in [3.05, 3.63) is 0 Å². The summed E-state index contributed by atoms with van der Waals surface area (Å²) in [5.41, 5.74) is 0. The van der Waals surface area contributed by atoms with Gasteiger partial charge in [-0.1, -0.05) is 0 Å². The third kappa shape index (κ3) is 5.43. The molecule has 0 aromatic heterocycles. The van der Waals surface area contributed by atoms with Crippen LogP contribution < -0.4 is 5.32 Å². The lowest BCUT2D eigenvalue weighted by atomic mass is 9.92. The van der Waals surface area contributed by atoms with Gasteiger partial charge in [-0.25, -0.2) is 0 Å². The van der Waals surface area contributed by atoms with E-state index in [2.05, 4.69) is 17.3 Å². The minimum absolute atomic E-state index is 0. The summed E-state index contributed by atoms with van der Waals surface area (Å²) in [7, 11) is 2.06. The second kappa shape index (κ2) is 9.13. The van der Waals surface area contributed by atoms with E-state index in [4.69, 9.17) is 4.74 Å². The fourth-order valence-electron chi connectivity index (χ4n) is 3.10. The molecule has 1 N–H and O–H groups in total. The summed E-state index contributed by atoms with van der Waals surface area (Å²) in [4.78, 5) is 2.69. The molecule has 2 rings (SSSR count). The van der Waals surface area contributed by atoms with Crippen LogP contribution in [0.25, 0.3) is 0 Å². The van der Waals surface area contributed by atoms with Crippen LogP contribution in [0, 0.1) is 11.8 Å². The smallest absolute Gasteiger partial charge is 0.0469 e. The molecule has 18 heavy (non-hydrogen) atoms. The summed E-state index contributed by atoms with van der Waals surface area (Å²) < 4.78 is 5.42. The maximum Gasteiger partial charge on any atom is 0.0469 e. The van der Waals surface area contributed by atoms with E-state index >= 15 is 0 Å². The van der Waals surface area contributed by atoms with Gasteiger partial charge in [0.1, 0.15) is 0 Å². The summed E-state index contributed by atoms with van der Waals surface area (Å²) in [6, 6.07) is 0. The molecule has 2 fully saturated rings. The normalized spacial score (nSPS) is 23.8. The number of likely N-dealkylation sites (tertiary alicyclic amines) is 1. The van der Waals surface area contributed by atoms with Crippen molar-refractivity contribution in [3.63, 3.8) is 0 Å². The molecule has 0 radical (unpaired) electrons. The molecule has 2 aliphatic heterocycles. The van der Waals surface area contributed by atoms with E-state index in [1.54, 1.807) is 0 Å². The van der Waals surface area contributed by atoms with Crippen molar-refractivity contribution in [3.8, 4) is 0 Å². The number of nitrogens with zero attached hydrogens (tertiary/aromatic N) is 1. The predicted octanol–water partition coefficient (Wildman–Crippen LogP) is 2.16. The Hall–Kier alpha value is 0.170. The van der Waals surface area contributed by atoms with Crippen LogP contribution in [0.3, 0.4) is 0 Å². The molecular weight excluding hydrogens is 248 g/mol. The van der Waals surface area contributed by atoms with Gasteiger partial charge in [0.15, 0.2) is 0 Å². The fourth-order valence-corrected chi connectivity index (χ4v) is 3.10. The highest BCUT2D eigenvalue weighted by Gasteiger charge is 2.22. The highest BCUT2D eigenvalue weighted by atomic mass is 35.5. The minimum Gasteiger partial charge on any atom is -0.381 e. The quantitative estimate of drug-likeness (QED) is 0.833. The lowest BCUT2D eigenvalue weighted by molar-refractivity contribution is 0.0465. The van der Waals surface area contributed by atoms with Gasteiger partial charge in [0.05, 0.1) is 0 Å². The molecule has 0 unspecified atom stereocenters. The number of rotatable bonds is 5. The van der Waals surface area contributed by atoms with Crippen LogP contribution >= 0.6 is 12.4 Å². The lowest BCUT2D eigenvalue weighted by Gasteiger charge is -2.35. The zero-order chi connectivity index (χ0) is 11.9. The van der Waals surface area contributed by atoms with Crippen molar-refractivity contribution in [2.24, 2.45) is 11.8 Å². The highest BCUT2D eigenvalue weighted by molar-refractivity contribution is 5.85. The van der Waals surface area contributed by atoms with Crippen molar-refractivity contribution in [2.75, 3.05) is 46.4 Å². The largest absolute Gasteiger partial charge is 0.381 e. The van der Waals surface area contributed by atoms with Gasteiger partial charge in [0.2, 0.25) is 0 Å². The average Bonchev–Trinajstić information content (AvgIpc) is 2.39. The van der Waals surface area contributed by atoms with E-state index in [1.165, 1.54) is 58.3 Å². The monoisotopic (exact) mass is 276 g/mol. The zero-order valence-electron chi connectivity index (χ0n) is 11.7. The van der Waals surface area contributed by atoms with E-state index < -0.39 is 0 Å². The second-order valence-corrected chi connectivity index (χ2v) is 5.69. The standard InChI is InChI=1S/C14H28N2O.ClH/c1-15-7-2-13-3-8-16(9-4-13)12-14-5-10-17-11-6-14;/h13-15H,2-12H2,1H3;1H. The van der Waals surface area contributed by atoms with Crippen LogP contribution in [-0.4, -0.2) is 51.3 Å². The number of halogens is 1. The van der Waals surface area contributed by atoms with Gasteiger partial charge in [-0.3, -0.25) is 0 Å². The second-order valence-electron chi connectivity index (χ2n) is 5.69. The Morgan fingerprint density at radius 3 is 2.33 bits per heavy atom. The molecule has 0 aromatic carbocycles. The van der Waals surface area contributed by atoms with Gasteiger partial charge in [-0.05, 0) is 70.6 Å². The molecule has 108 valence electrons. The predicted molar refractivity (Wildman–Crippen MR) is 78.5 cm³/mol. The number of ether oxygens (including phenoxy) is 1. The molecule has 0 aliphatic carbocycles. The van der Waals surface area contributed by atoms with Gasteiger partial charge in [0.25, 0.3) is 0 Å². The van der Waals surface area contributed by atoms with Gasteiger partial charge in [-0.15, -0.1) is 12.4 Å². The van der Waals surface area contributed by atoms with Crippen LogP contribution in [0.4, 0.5) is 0 Å². The van der Waals surface area contributed by atoms with Crippen LogP contribution in [0.1, 0.15) is 32.1 Å². The van der Waals surface area contributed by atoms with E-state index in [-0.39, 0.29) is 12.4 Å². The number of hydrogen-bond donors (Lipinski definition) is 1. The third-order valence-corrected chi connectivity index (χ3v) is 4.37. The number of nitrogens with one attached hydrogen (secondary N) is 1. The summed E-state index contributed by atoms with van der Waals surface area (Å²) >= 11 is 0. The van der Waals surface area contributed by atoms with Crippen LogP contribution in [0.5, 0.6) is 0 Å². The average molecular weight is 277 g/mol. The molecule has 2 saturated heterocycles. The van der Waals surface area contributed by atoms with Gasteiger partial charge >= 0.3 is 0 Å². The summed E-state index contributed by atoms with van der Waals surface area (Å²) in [5.74, 6) is 1.87. The van der Waals surface area contributed by atoms with Crippen molar-refractivity contribution in [1.29, 1.82) is 0 Å². The van der Waals surface area contributed by atoms with Crippen molar-refractivity contribution in [1.82, 2.24) is 10.2 Å². The first-order valence-electron chi connectivity index (χ1n) is 7.33. The third-order valence-electron chi connectivity index (χ3n) is 4.37.